The van der Waals surface area contributed by atoms with Gasteiger partial charge in [0, 0.05) is 39.6 Å². The van der Waals surface area contributed by atoms with Crippen molar-refractivity contribution >= 4 is 24.1 Å². The van der Waals surface area contributed by atoms with Gasteiger partial charge in [-0.2, -0.15) is 9.59 Å². The van der Waals surface area contributed by atoms with E-state index < -0.39 is 23.6 Å². The van der Waals surface area contributed by atoms with Crippen LogP contribution in [0.2, 0.25) is 0 Å². The first kappa shape index (κ1) is 30.6. The van der Waals surface area contributed by atoms with Gasteiger partial charge in [0.15, 0.2) is 0 Å². The molecule has 0 aromatic carbocycles. The van der Waals surface area contributed by atoms with Gasteiger partial charge < -0.3 is 20.3 Å². The van der Waals surface area contributed by atoms with Crippen molar-refractivity contribution in [2.45, 2.75) is 45.3 Å². The maximum absolute atomic E-state index is 13.5. The summed E-state index contributed by atoms with van der Waals surface area (Å²) in [5.41, 5.74) is 7.02. The number of aromatic nitrogens is 7. The van der Waals surface area contributed by atoms with Gasteiger partial charge in [-0.1, -0.05) is 16.5 Å². The van der Waals surface area contributed by atoms with Crippen molar-refractivity contribution in [3.63, 3.8) is 0 Å². The lowest BCUT2D eigenvalue weighted by atomic mass is 10.1. The van der Waals surface area contributed by atoms with Gasteiger partial charge in [-0.25, -0.2) is 14.5 Å². The number of pyridine rings is 1. The van der Waals surface area contributed by atoms with E-state index in [0.717, 1.165) is 0 Å². The Morgan fingerprint density at radius 3 is 2.05 bits per heavy atom. The summed E-state index contributed by atoms with van der Waals surface area (Å²) in [5, 5.41) is 16.4. The summed E-state index contributed by atoms with van der Waals surface area (Å²) in [6.45, 7) is 6.75. The Labute approximate surface area is 235 Å². The number of piperazine rings is 1. The van der Waals surface area contributed by atoms with Gasteiger partial charge in [0.05, 0.1) is 23.8 Å². The van der Waals surface area contributed by atoms with Gasteiger partial charge in [0.25, 0.3) is 0 Å². The van der Waals surface area contributed by atoms with Crippen LogP contribution in [0.1, 0.15) is 39.7 Å². The van der Waals surface area contributed by atoms with Crippen molar-refractivity contribution in [1.29, 1.82) is 0 Å². The van der Waals surface area contributed by atoms with Gasteiger partial charge >= 0.3 is 12.2 Å². The zero-order chi connectivity index (χ0) is 30.2. The lowest BCUT2D eigenvalue weighted by Gasteiger charge is -2.36. The minimum Gasteiger partial charge on any atom is -0.444 e. The van der Waals surface area contributed by atoms with Gasteiger partial charge in [-0.3, -0.25) is 14.3 Å². The molecule has 1 fully saturated rings. The number of hydrogen-bond acceptors (Lipinski definition) is 11. The van der Waals surface area contributed by atoms with E-state index in [4.69, 9.17) is 20.1 Å². The summed E-state index contributed by atoms with van der Waals surface area (Å²) >= 11 is 0. The molecule has 4 heterocycles. The van der Waals surface area contributed by atoms with E-state index in [0.29, 0.717) is 49.0 Å². The zero-order valence-corrected chi connectivity index (χ0v) is 23.3. The number of nitrogens with zero attached hydrogens (tertiary/aromatic N) is 9. The number of aryl methyl sites for hydroxylation is 1. The maximum atomic E-state index is 13.5. The molecule has 3 amide bonds. The number of ether oxygens (including phenoxy) is 1. The van der Waals surface area contributed by atoms with Crippen LogP contribution in [0.25, 0.3) is 22.8 Å². The molecule has 4 rings (SSSR count). The molecule has 3 aromatic heterocycles. The van der Waals surface area contributed by atoms with E-state index in [-0.39, 0.29) is 24.9 Å². The van der Waals surface area contributed by atoms with Crippen molar-refractivity contribution in [2.75, 3.05) is 26.2 Å². The molecule has 1 saturated heterocycles. The Hall–Kier alpha value is -4.98. The largest absolute Gasteiger partial charge is 0.444 e. The molecule has 3 aromatic rings. The molecule has 41 heavy (non-hydrogen) atoms. The molecular weight excluding hydrogens is 536 g/mol. The number of primary amides is 1. The van der Waals surface area contributed by atoms with Crippen LogP contribution in [0.5, 0.6) is 0 Å². The summed E-state index contributed by atoms with van der Waals surface area (Å²) in [4.78, 5) is 61.5. The third-order valence-electron chi connectivity index (χ3n) is 5.90. The summed E-state index contributed by atoms with van der Waals surface area (Å²) < 4.78 is 8.46. The van der Waals surface area contributed by atoms with Crippen LogP contribution < -0.4 is 5.73 Å². The van der Waals surface area contributed by atoms with Crippen molar-refractivity contribution in [3.8, 4) is 22.8 Å². The molecule has 16 heteroatoms. The quantitative estimate of drug-likeness (QED) is 0.414. The molecule has 1 aliphatic rings. The highest BCUT2D eigenvalue weighted by Gasteiger charge is 2.32. The fourth-order valence-corrected chi connectivity index (χ4v) is 4.03. The summed E-state index contributed by atoms with van der Waals surface area (Å²) in [6.07, 6.45) is 3.39. The first-order chi connectivity index (χ1) is 19.4. The van der Waals surface area contributed by atoms with Crippen LogP contribution >= 0.6 is 0 Å². The van der Waals surface area contributed by atoms with Crippen LogP contribution in [0.4, 0.5) is 4.79 Å². The Morgan fingerprint density at radius 2 is 1.51 bits per heavy atom. The lowest BCUT2D eigenvalue weighted by Crippen LogP contribution is -2.53. The lowest BCUT2D eigenvalue weighted by molar-refractivity contribution is -0.191. The van der Waals surface area contributed by atoms with E-state index >= 15 is 0 Å². The van der Waals surface area contributed by atoms with E-state index in [2.05, 4.69) is 25.6 Å². The van der Waals surface area contributed by atoms with Crippen molar-refractivity contribution in [3.05, 3.63) is 30.6 Å². The summed E-state index contributed by atoms with van der Waals surface area (Å²) in [6, 6.07) is 4.63. The molecule has 0 radical (unpaired) electrons. The SMILES string of the molecule is Cn1cc(-c2cccc(-c3cn([C@@H](CCC(N)=O)C(=O)N4CCN(C(=O)OC(C)(C)C)CC4)nn3)n2)nn1.O=C=O. The molecule has 2 N–H and O–H groups in total. The number of amides is 3. The average molecular weight is 569 g/mol. The van der Waals surface area contributed by atoms with E-state index in [1.165, 1.54) is 4.68 Å². The average Bonchev–Trinajstić information content (AvgIpc) is 3.58. The molecule has 0 aliphatic carbocycles. The molecular formula is C25H32N10O6. The molecule has 218 valence electrons. The third kappa shape index (κ3) is 8.50. The second-order valence-electron chi connectivity index (χ2n) is 10.2. The Balaban J connectivity index is 0.00000147. The first-order valence-corrected chi connectivity index (χ1v) is 12.7. The van der Waals surface area contributed by atoms with E-state index in [1.807, 2.05) is 32.9 Å². The normalized spacial score (nSPS) is 14.0. The molecule has 1 atom stereocenters. The van der Waals surface area contributed by atoms with Crippen LogP contribution in [0, 0.1) is 0 Å². The van der Waals surface area contributed by atoms with Crippen LogP contribution in [0.15, 0.2) is 30.6 Å². The number of rotatable bonds is 7. The van der Waals surface area contributed by atoms with Gasteiger partial charge in [0.1, 0.15) is 23.0 Å². The minimum atomic E-state index is -0.792. The standard InChI is InChI=1S/C24H32N10O4.CO2/c1-24(2,3)38-23(37)33-12-10-32(11-13-33)22(36)20(8-9-21(25)35)34-15-19(28-30-34)17-7-5-6-16(26-17)18-14-31(4)29-27-18;2-1-3/h5-7,14-15,20H,8-13H2,1-4H3,(H2,25,35);/t20-;/m0./s1. The number of carbonyl (C=O) groups is 3. The third-order valence-corrected chi connectivity index (χ3v) is 5.90. The molecule has 1 aliphatic heterocycles. The van der Waals surface area contributed by atoms with Crippen LogP contribution in [0.3, 0.4) is 0 Å². The predicted molar refractivity (Wildman–Crippen MR) is 140 cm³/mol. The molecule has 0 bridgehead atoms. The van der Waals surface area contributed by atoms with Crippen molar-refractivity contribution in [1.82, 2.24) is 44.8 Å². The highest BCUT2D eigenvalue weighted by Crippen LogP contribution is 2.23. The second-order valence-corrected chi connectivity index (χ2v) is 10.2. The molecule has 0 spiro atoms. The van der Waals surface area contributed by atoms with Gasteiger partial charge in [0.2, 0.25) is 11.8 Å². The second kappa shape index (κ2) is 13.4. The molecule has 16 nitrogen and oxygen atoms in total. The monoisotopic (exact) mass is 568 g/mol. The molecule has 0 saturated carbocycles. The topological polar surface area (TPSA) is 201 Å². The fourth-order valence-electron chi connectivity index (χ4n) is 4.03. The van der Waals surface area contributed by atoms with Gasteiger partial charge in [-0.05, 0) is 39.3 Å². The van der Waals surface area contributed by atoms with Crippen LogP contribution in [-0.4, -0.2) is 101 Å². The maximum Gasteiger partial charge on any atom is 0.410 e. The first-order valence-electron chi connectivity index (χ1n) is 12.7. The summed E-state index contributed by atoms with van der Waals surface area (Å²) in [5.74, 6) is -0.746. The van der Waals surface area contributed by atoms with E-state index in [9.17, 15) is 14.4 Å². The van der Waals surface area contributed by atoms with E-state index in [1.54, 1.807) is 40.0 Å². The summed E-state index contributed by atoms with van der Waals surface area (Å²) in [7, 11) is 1.77. The Bertz CT molecular complexity index is 1400. The smallest absolute Gasteiger partial charge is 0.410 e. The number of carbonyl (C=O) groups excluding carboxylic acids is 5. The number of nitrogens with two attached hydrogens (primary N) is 1. The zero-order valence-electron chi connectivity index (χ0n) is 23.3. The van der Waals surface area contributed by atoms with Crippen molar-refractivity contribution < 1.29 is 28.7 Å². The highest BCUT2D eigenvalue weighted by atomic mass is 16.6. The predicted octanol–water partition coefficient (Wildman–Crippen LogP) is 0.438. The molecule has 0 unspecified atom stereocenters. The van der Waals surface area contributed by atoms with Crippen LogP contribution in [-0.2, 0) is 31.0 Å². The Kier molecular flexibility index (Phi) is 9.98. The Morgan fingerprint density at radius 1 is 0.951 bits per heavy atom. The fraction of sp³-hybridized carbons (Fsp3) is 0.480. The number of hydrogen-bond donors (Lipinski definition) is 1. The van der Waals surface area contributed by atoms with Crippen molar-refractivity contribution in [2.24, 2.45) is 12.8 Å². The minimum absolute atomic E-state index is 0.00385. The van der Waals surface area contributed by atoms with Gasteiger partial charge in [-0.15, -0.1) is 10.2 Å². The highest BCUT2D eigenvalue weighted by molar-refractivity contribution is 5.82.